The molecule has 0 aromatic heterocycles. The van der Waals surface area contributed by atoms with Crippen LogP contribution in [0.3, 0.4) is 0 Å². The first kappa shape index (κ1) is 16.9. The predicted octanol–water partition coefficient (Wildman–Crippen LogP) is 2.26. The van der Waals surface area contributed by atoms with E-state index in [1.165, 1.54) is 0 Å². The van der Waals surface area contributed by atoms with E-state index in [0.717, 1.165) is 30.7 Å². The zero-order valence-electron chi connectivity index (χ0n) is 10.8. The number of benzene rings is 1. The van der Waals surface area contributed by atoms with Crippen molar-refractivity contribution in [1.29, 1.82) is 0 Å². The first-order valence-electron chi connectivity index (χ1n) is 6.14. The van der Waals surface area contributed by atoms with Crippen molar-refractivity contribution in [3.63, 3.8) is 0 Å². The van der Waals surface area contributed by atoms with Crippen LogP contribution in [-0.2, 0) is 0 Å². The van der Waals surface area contributed by atoms with E-state index in [1.54, 1.807) is 19.1 Å². The fourth-order valence-corrected chi connectivity index (χ4v) is 2.99. The Bertz CT molecular complexity index is 427. The van der Waals surface area contributed by atoms with Crippen LogP contribution in [0.1, 0.15) is 17.2 Å². The molecule has 0 saturated carbocycles. The molecule has 0 unspecified atom stereocenters. The molecule has 6 heteroatoms. The van der Waals surface area contributed by atoms with Crippen LogP contribution in [-0.4, -0.2) is 42.8 Å². The van der Waals surface area contributed by atoms with Crippen LogP contribution in [0.15, 0.2) is 16.6 Å². The normalized spacial score (nSPS) is 17.9. The maximum atomic E-state index is 14.2. The Morgan fingerprint density at radius 3 is 2.63 bits per heavy atom. The SMILES string of the molecule is Cc1cc(Br)cc([C@H](CO)N2CCNCC2)c1F.Cl. The summed E-state index contributed by atoms with van der Waals surface area (Å²) in [4.78, 5) is 2.13. The minimum Gasteiger partial charge on any atom is -0.394 e. The van der Waals surface area contributed by atoms with Gasteiger partial charge in [-0.2, -0.15) is 0 Å². The van der Waals surface area contributed by atoms with Gasteiger partial charge in [-0.05, 0) is 24.6 Å². The lowest BCUT2D eigenvalue weighted by Gasteiger charge is -2.34. The number of hydrogen-bond donors (Lipinski definition) is 2. The number of halogens is 3. The van der Waals surface area contributed by atoms with Gasteiger partial charge >= 0.3 is 0 Å². The number of piperazine rings is 1. The zero-order valence-corrected chi connectivity index (χ0v) is 13.2. The molecule has 1 aromatic carbocycles. The van der Waals surface area contributed by atoms with Gasteiger partial charge in [0.05, 0.1) is 12.6 Å². The Morgan fingerprint density at radius 2 is 2.05 bits per heavy atom. The number of aliphatic hydroxyl groups is 1. The fourth-order valence-electron chi connectivity index (χ4n) is 2.40. The van der Waals surface area contributed by atoms with Crippen molar-refractivity contribution in [1.82, 2.24) is 10.2 Å². The van der Waals surface area contributed by atoms with Crippen molar-refractivity contribution in [3.05, 3.63) is 33.5 Å². The molecule has 0 radical (unpaired) electrons. The number of nitrogens with zero attached hydrogens (tertiary/aromatic N) is 1. The van der Waals surface area contributed by atoms with Crippen molar-refractivity contribution in [2.75, 3.05) is 32.8 Å². The van der Waals surface area contributed by atoms with Crippen LogP contribution in [0.2, 0.25) is 0 Å². The third-order valence-electron chi connectivity index (χ3n) is 3.37. The molecule has 0 aliphatic carbocycles. The average molecular weight is 354 g/mol. The standard InChI is InChI=1S/C13H18BrFN2O.ClH/c1-9-6-10(14)7-11(13(9)15)12(8-18)17-4-2-16-3-5-17;/h6-7,12,16,18H,2-5,8H2,1H3;1H/t12-;/m0./s1. The Labute approximate surface area is 127 Å². The van der Waals surface area contributed by atoms with Gasteiger partial charge in [0.1, 0.15) is 5.82 Å². The van der Waals surface area contributed by atoms with Crippen LogP contribution in [0.4, 0.5) is 4.39 Å². The number of aryl methyl sites for hydroxylation is 1. The molecule has 0 bridgehead atoms. The molecule has 108 valence electrons. The monoisotopic (exact) mass is 352 g/mol. The molecule has 1 heterocycles. The van der Waals surface area contributed by atoms with E-state index in [1.807, 2.05) is 0 Å². The fraction of sp³-hybridized carbons (Fsp3) is 0.538. The van der Waals surface area contributed by atoms with Gasteiger partial charge in [0.25, 0.3) is 0 Å². The minimum absolute atomic E-state index is 0. The lowest BCUT2D eigenvalue weighted by molar-refractivity contribution is 0.108. The molecular weight excluding hydrogens is 335 g/mol. The molecule has 1 atom stereocenters. The highest BCUT2D eigenvalue weighted by atomic mass is 79.9. The van der Waals surface area contributed by atoms with Gasteiger partial charge in [-0.3, -0.25) is 4.90 Å². The van der Waals surface area contributed by atoms with Crippen molar-refractivity contribution in [2.45, 2.75) is 13.0 Å². The second-order valence-electron chi connectivity index (χ2n) is 4.61. The van der Waals surface area contributed by atoms with E-state index in [2.05, 4.69) is 26.1 Å². The maximum absolute atomic E-state index is 14.2. The zero-order chi connectivity index (χ0) is 13.1. The quantitative estimate of drug-likeness (QED) is 0.875. The molecule has 0 spiro atoms. The third kappa shape index (κ3) is 3.89. The summed E-state index contributed by atoms with van der Waals surface area (Å²) in [6, 6.07) is 3.26. The van der Waals surface area contributed by atoms with E-state index in [4.69, 9.17) is 0 Å². The summed E-state index contributed by atoms with van der Waals surface area (Å²) in [6.07, 6.45) is 0. The van der Waals surface area contributed by atoms with Gasteiger partial charge in [0.15, 0.2) is 0 Å². The lowest BCUT2D eigenvalue weighted by Crippen LogP contribution is -2.46. The van der Waals surface area contributed by atoms with Crippen LogP contribution < -0.4 is 5.32 Å². The summed E-state index contributed by atoms with van der Waals surface area (Å²) < 4.78 is 15.1. The molecule has 1 aliphatic heterocycles. The number of hydrogen-bond acceptors (Lipinski definition) is 3. The molecule has 1 aromatic rings. The van der Waals surface area contributed by atoms with Crippen molar-refractivity contribution in [3.8, 4) is 0 Å². The Morgan fingerprint density at radius 1 is 1.42 bits per heavy atom. The predicted molar refractivity (Wildman–Crippen MR) is 80.4 cm³/mol. The Kier molecular flexibility index (Phi) is 6.69. The molecule has 2 N–H and O–H groups in total. The van der Waals surface area contributed by atoms with Gasteiger partial charge in [0, 0.05) is 36.2 Å². The second-order valence-corrected chi connectivity index (χ2v) is 5.53. The highest BCUT2D eigenvalue weighted by molar-refractivity contribution is 9.10. The first-order chi connectivity index (χ1) is 8.63. The topological polar surface area (TPSA) is 35.5 Å². The molecule has 3 nitrogen and oxygen atoms in total. The van der Waals surface area contributed by atoms with E-state index in [9.17, 15) is 9.50 Å². The highest BCUT2D eigenvalue weighted by Gasteiger charge is 2.24. The van der Waals surface area contributed by atoms with Crippen LogP contribution in [0.25, 0.3) is 0 Å². The molecular formula is C13H19BrClFN2O. The molecule has 1 saturated heterocycles. The summed E-state index contributed by atoms with van der Waals surface area (Å²) in [7, 11) is 0. The van der Waals surface area contributed by atoms with Gasteiger partial charge < -0.3 is 10.4 Å². The maximum Gasteiger partial charge on any atom is 0.131 e. The third-order valence-corrected chi connectivity index (χ3v) is 3.83. The number of aliphatic hydroxyl groups excluding tert-OH is 1. The first-order valence-corrected chi connectivity index (χ1v) is 6.94. The highest BCUT2D eigenvalue weighted by Crippen LogP contribution is 2.28. The molecule has 19 heavy (non-hydrogen) atoms. The van der Waals surface area contributed by atoms with Crippen LogP contribution >= 0.6 is 28.3 Å². The van der Waals surface area contributed by atoms with Crippen LogP contribution in [0.5, 0.6) is 0 Å². The van der Waals surface area contributed by atoms with Crippen molar-refractivity contribution >= 4 is 28.3 Å². The second kappa shape index (κ2) is 7.55. The molecule has 0 amide bonds. The summed E-state index contributed by atoms with van der Waals surface area (Å²) in [5.74, 6) is -0.212. The Balaban J connectivity index is 0.00000180. The van der Waals surface area contributed by atoms with E-state index in [-0.39, 0.29) is 30.9 Å². The van der Waals surface area contributed by atoms with Crippen molar-refractivity contribution in [2.24, 2.45) is 0 Å². The summed E-state index contributed by atoms with van der Waals surface area (Å²) >= 11 is 3.39. The largest absolute Gasteiger partial charge is 0.394 e. The van der Waals surface area contributed by atoms with Crippen molar-refractivity contribution < 1.29 is 9.50 Å². The smallest absolute Gasteiger partial charge is 0.131 e. The van der Waals surface area contributed by atoms with Gasteiger partial charge in [-0.25, -0.2) is 4.39 Å². The molecule has 2 rings (SSSR count). The van der Waals surface area contributed by atoms with E-state index < -0.39 is 0 Å². The summed E-state index contributed by atoms with van der Waals surface area (Å²) in [6.45, 7) is 5.10. The summed E-state index contributed by atoms with van der Waals surface area (Å²) in [5, 5.41) is 12.9. The lowest BCUT2D eigenvalue weighted by atomic mass is 10.0. The molecule has 1 fully saturated rings. The van der Waals surface area contributed by atoms with E-state index in [0.29, 0.717) is 11.1 Å². The van der Waals surface area contributed by atoms with E-state index >= 15 is 0 Å². The summed E-state index contributed by atoms with van der Waals surface area (Å²) in [5.41, 5.74) is 1.18. The Hall–Kier alpha value is -0.200. The van der Waals surface area contributed by atoms with Gasteiger partial charge in [0.2, 0.25) is 0 Å². The van der Waals surface area contributed by atoms with Gasteiger partial charge in [-0.15, -0.1) is 12.4 Å². The number of rotatable bonds is 3. The number of nitrogens with one attached hydrogen (secondary N) is 1. The van der Waals surface area contributed by atoms with Gasteiger partial charge in [-0.1, -0.05) is 15.9 Å². The average Bonchev–Trinajstić information content (AvgIpc) is 2.37. The minimum atomic E-state index is -0.261. The molecule has 1 aliphatic rings. The van der Waals surface area contributed by atoms with Crippen LogP contribution in [0, 0.1) is 12.7 Å².